The summed E-state index contributed by atoms with van der Waals surface area (Å²) in [4.78, 5) is 4.25. The highest BCUT2D eigenvalue weighted by atomic mass is 32.2. The fourth-order valence-electron chi connectivity index (χ4n) is 0.737. The van der Waals surface area contributed by atoms with Crippen molar-refractivity contribution in [1.82, 2.24) is 9.36 Å². The van der Waals surface area contributed by atoms with Gasteiger partial charge in [0.25, 0.3) is 0 Å². The first-order valence-corrected chi connectivity index (χ1v) is 5.68. The molecule has 0 atom stereocenters. The SMILES string of the molecule is CSc1nc2nsc(N)c2s1. The minimum Gasteiger partial charge on any atom is -0.388 e. The van der Waals surface area contributed by atoms with Crippen LogP contribution in [0.4, 0.5) is 5.00 Å². The monoisotopic (exact) mass is 203 g/mol. The van der Waals surface area contributed by atoms with E-state index in [4.69, 9.17) is 5.73 Å². The van der Waals surface area contributed by atoms with Gasteiger partial charge in [-0.15, -0.1) is 11.3 Å². The minimum atomic E-state index is 0.776. The van der Waals surface area contributed by atoms with E-state index in [-0.39, 0.29) is 0 Å². The quantitative estimate of drug-likeness (QED) is 0.721. The zero-order valence-corrected chi connectivity index (χ0v) is 8.15. The number of nitrogens with zero attached hydrogens (tertiary/aromatic N) is 2. The van der Waals surface area contributed by atoms with Crippen molar-refractivity contribution in [2.45, 2.75) is 4.34 Å². The lowest BCUT2D eigenvalue weighted by Gasteiger charge is -1.80. The fraction of sp³-hybridized carbons (Fsp3) is 0.200. The van der Waals surface area contributed by atoms with E-state index >= 15 is 0 Å². The Bertz CT molecular complexity index is 377. The van der Waals surface area contributed by atoms with E-state index < -0.39 is 0 Å². The highest BCUT2D eigenvalue weighted by molar-refractivity contribution is 8.00. The van der Waals surface area contributed by atoms with E-state index in [2.05, 4.69) is 9.36 Å². The summed E-state index contributed by atoms with van der Waals surface area (Å²) in [6, 6.07) is 0. The van der Waals surface area contributed by atoms with E-state index in [1.807, 2.05) is 6.26 Å². The lowest BCUT2D eigenvalue weighted by molar-refractivity contribution is 1.28. The van der Waals surface area contributed by atoms with Crippen LogP contribution < -0.4 is 5.73 Å². The Labute approximate surface area is 75.8 Å². The molecule has 0 radical (unpaired) electrons. The van der Waals surface area contributed by atoms with Gasteiger partial charge in [0.2, 0.25) is 0 Å². The standard InChI is InChI=1S/C5H5N3S3/c1-9-5-7-4-2(10-5)3(6)11-8-4/h6H2,1H3. The third kappa shape index (κ3) is 1.11. The molecule has 0 spiro atoms. The van der Waals surface area contributed by atoms with Crippen molar-refractivity contribution in [2.24, 2.45) is 0 Å². The Balaban J connectivity index is 2.70. The number of rotatable bonds is 1. The van der Waals surface area contributed by atoms with E-state index in [9.17, 15) is 0 Å². The molecule has 2 heterocycles. The molecule has 3 nitrogen and oxygen atoms in total. The van der Waals surface area contributed by atoms with Crippen molar-refractivity contribution >= 4 is 50.0 Å². The molecular weight excluding hydrogens is 198 g/mol. The van der Waals surface area contributed by atoms with Crippen molar-refractivity contribution in [2.75, 3.05) is 12.0 Å². The Hall–Kier alpha value is -0.330. The van der Waals surface area contributed by atoms with Crippen LogP contribution in [0.3, 0.4) is 0 Å². The number of aromatic nitrogens is 2. The van der Waals surface area contributed by atoms with Crippen molar-refractivity contribution in [1.29, 1.82) is 0 Å². The van der Waals surface area contributed by atoms with Crippen molar-refractivity contribution < 1.29 is 0 Å². The van der Waals surface area contributed by atoms with Crippen LogP contribution in [0, 0.1) is 0 Å². The normalized spacial score (nSPS) is 11.0. The van der Waals surface area contributed by atoms with Gasteiger partial charge in [0, 0.05) is 0 Å². The summed E-state index contributed by atoms with van der Waals surface area (Å²) in [5.41, 5.74) is 6.45. The summed E-state index contributed by atoms with van der Waals surface area (Å²) in [5, 5.41) is 0.776. The fourth-order valence-corrected chi connectivity index (χ4v) is 2.87. The van der Waals surface area contributed by atoms with Gasteiger partial charge in [0.05, 0.1) is 0 Å². The van der Waals surface area contributed by atoms with Crippen molar-refractivity contribution in [3.63, 3.8) is 0 Å². The predicted octanol–water partition coefficient (Wildman–Crippen LogP) is 2.06. The molecular formula is C5H5N3S3. The van der Waals surface area contributed by atoms with Gasteiger partial charge in [-0.25, -0.2) is 4.98 Å². The molecule has 6 heteroatoms. The molecule has 0 unspecified atom stereocenters. The number of anilines is 1. The number of nitrogen functional groups attached to an aromatic ring is 1. The molecule has 0 bridgehead atoms. The Morgan fingerprint density at radius 3 is 3.00 bits per heavy atom. The van der Waals surface area contributed by atoms with Gasteiger partial charge in [-0.3, -0.25) is 0 Å². The van der Waals surface area contributed by atoms with Crippen LogP contribution >= 0.6 is 34.6 Å². The Morgan fingerprint density at radius 1 is 1.55 bits per heavy atom. The molecule has 2 rings (SSSR count). The van der Waals surface area contributed by atoms with Crippen molar-refractivity contribution in [3.8, 4) is 0 Å². The molecule has 2 aromatic rings. The Kier molecular flexibility index (Phi) is 1.74. The highest BCUT2D eigenvalue weighted by Crippen LogP contribution is 2.33. The maximum absolute atomic E-state index is 5.66. The van der Waals surface area contributed by atoms with Gasteiger partial charge < -0.3 is 5.73 Å². The summed E-state index contributed by atoms with van der Waals surface area (Å²) >= 11 is 4.54. The second-order valence-corrected chi connectivity index (χ2v) is 4.74. The van der Waals surface area contributed by atoms with Crippen LogP contribution in [0.25, 0.3) is 10.3 Å². The highest BCUT2D eigenvalue weighted by Gasteiger charge is 2.08. The molecule has 0 aliphatic carbocycles. The topological polar surface area (TPSA) is 51.8 Å². The lowest BCUT2D eigenvalue weighted by atomic mass is 10.6. The average molecular weight is 203 g/mol. The first-order valence-electron chi connectivity index (χ1n) is 2.87. The zero-order valence-electron chi connectivity index (χ0n) is 5.70. The number of thioether (sulfide) groups is 1. The summed E-state index contributed by atoms with van der Waals surface area (Å²) in [6.07, 6.45) is 2.00. The molecule has 2 aromatic heterocycles. The number of hydrogen-bond acceptors (Lipinski definition) is 6. The molecule has 0 fully saturated rings. The molecule has 0 amide bonds. The predicted molar refractivity (Wildman–Crippen MR) is 51.5 cm³/mol. The van der Waals surface area contributed by atoms with Gasteiger partial charge in [-0.2, -0.15) is 4.37 Å². The van der Waals surface area contributed by atoms with Crippen LogP contribution in [0.15, 0.2) is 4.34 Å². The molecule has 0 aromatic carbocycles. The van der Waals surface area contributed by atoms with Crippen LogP contribution in [0.5, 0.6) is 0 Å². The molecule has 11 heavy (non-hydrogen) atoms. The molecule has 58 valence electrons. The number of nitrogens with two attached hydrogens (primary N) is 1. The third-order valence-electron chi connectivity index (χ3n) is 1.22. The first kappa shape index (κ1) is 7.33. The number of hydrogen-bond donors (Lipinski definition) is 1. The van der Waals surface area contributed by atoms with E-state index in [1.165, 1.54) is 11.5 Å². The second kappa shape index (κ2) is 2.62. The zero-order chi connectivity index (χ0) is 7.84. The van der Waals surface area contributed by atoms with Gasteiger partial charge in [0.1, 0.15) is 9.70 Å². The first-order chi connectivity index (χ1) is 5.31. The molecule has 0 aliphatic rings. The maximum atomic E-state index is 5.66. The van der Waals surface area contributed by atoms with E-state index in [1.54, 1.807) is 23.1 Å². The molecule has 2 N–H and O–H groups in total. The smallest absolute Gasteiger partial charge is 0.187 e. The van der Waals surface area contributed by atoms with E-state index in [0.29, 0.717) is 0 Å². The minimum absolute atomic E-state index is 0.776. The summed E-state index contributed by atoms with van der Waals surface area (Å²) in [7, 11) is 0. The molecule has 0 aliphatic heterocycles. The van der Waals surface area contributed by atoms with Gasteiger partial charge in [-0.1, -0.05) is 11.8 Å². The average Bonchev–Trinajstić information content (AvgIpc) is 2.53. The number of fused-ring (bicyclic) bond motifs is 1. The van der Waals surface area contributed by atoms with E-state index in [0.717, 1.165) is 19.7 Å². The summed E-state index contributed by atoms with van der Waals surface area (Å²) in [6.45, 7) is 0. The summed E-state index contributed by atoms with van der Waals surface area (Å²) < 4.78 is 6.15. The second-order valence-electron chi connectivity index (χ2n) is 1.88. The lowest BCUT2D eigenvalue weighted by Crippen LogP contribution is -1.74. The van der Waals surface area contributed by atoms with Gasteiger partial charge >= 0.3 is 0 Å². The van der Waals surface area contributed by atoms with Gasteiger partial charge in [0.15, 0.2) is 9.99 Å². The largest absolute Gasteiger partial charge is 0.388 e. The third-order valence-corrected chi connectivity index (χ3v) is 4.08. The van der Waals surface area contributed by atoms with Crippen LogP contribution in [-0.4, -0.2) is 15.6 Å². The van der Waals surface area contributed by atoms with Crippen LogP contribution in [0.1, 0.15) is 0 Å². The maximum Gasteiger partial charge on any atom is 0.187 e. The van der Waals surface area contributed by atoms with Crippen LogP contribution in [0.2, 0.25) is 0 Å². The number of thiazole rings is 1. The Morgan fingerprint density at radius 2 is 2.36 bits per heavy atom. The molecule has 0 saturated heterocycles. The van der Waals surface area contributed by atoms with Crippen molar-refractivity contribution in [3.05, 3.63) is 0 Å². The van der Waals surface area contributed by atoms with Gasteiger partial charge in [-0.05, 0) is 17.8 Å². The summed E-state index contributed by atoms with van der Waals surface area (Å²) in [5.74, 6) is 0. The molecule has 0 saturated carbocycles. The van der Waals surface area contributed by atoms with Crippen LogP contribution in [-0.2, 0) is 0 Å².